The molecule has 66 valence electrons. The van der Waals surface area contributed by atoms with Crippen LogP contribution in [0.1, 0.15) is 20.9 Å². The van der Waals surface area contributed by atoms with Crippen LogP contribution < -0.4 is 0 Å². The highest BCUT2D eigenvalue weighted by molar-refractivity contribution is 7.22. The van der Waals surface area contributed by atoms with Gasteiger partial charge < -0.3 is 0 Å². The molecule has 0 atom stereocenters. The van der Waals surface area contributed by atoms with Gasteiger partial charge in [-0.15, -0.1) is 22.7 Å². The molecule has 1 aliphatic rings. The summed E-state index contributed by atoms with van der Waals surface area (Å²) in [5, 5.41) is 0. The number of rotatable bonds is 0. The first kappa shape index (κ1) is 7.77. The summed E-state index contributed by atoms with van der Waals surface area (Å²) in [6.07, 6.45) is 1.17. The molecule has 13 heavy (non-hydrogen) atoms. The van der Waals surface area contributed by atoms with Crippen molar-refractivity contribution < 1.29 is 0 Å². The Morgan fingerprint density at radius 3 is 1.85 bits per heavy atom. The second-order valence-corrected chi connectivity index (χ2v) is 6.11. The highest BCUT2D eigenvalue weighted by Gasteiger charge is 2.22. The van der Waals surface area contributed by atoms with Crippen LogP contribution in [0.2, 0.25) is 0 Å². The zero-order valence-electron chi connectivity index (χ0n) is 7.68. The molecule has 0 nitrogen and oxygen atoms in total. The maximum atomic E-state index is 2.34. The van der Waals surface area contributed by atoms with Gasteiger partial charge in [-0.05, 0) is 37.1 Å². The molecule has 2 heterocycles. The average molecular weight is 206 g/mol. The molecule has 0 N–H and O–H groups in total. The molecule has 0 bridgehead atoms. The molecule has 1 aliphatic carbocycles. The fraction of sp³-hybridized carbons (Fsp3) is 0.273. The van der Waals surface area contributed by atoms with Gasteiger partial charge in [0.05, 0.1) is 0 Å². The van der Waals surface area contributed by atoms with Crippen LogP contribution in [0.5, 0.6) is 0 Å². The number of hydrogen-bond acceptors (Lipinski definition) is 2. The van der Waals surface area contributed by atoms with Crippen molar-refractivity contribution in [1.82, 2.24) is 0 Å². The zero-order chi connectivity index (χ0) is 9.00. The lowest BCUT2D eigenvalue weighted by molar-refractivity contribution is 1.27. The van der Waals surface area contributed by atoms with Crippen LogP contribution >= 0.6 is 22.7 Å². The first-order valence-electron chi connectivity index (χ1n) is 4.43. The number of thiophene rings is 2. The van der Waals surface area contributed by atoms with E-state index in [-0.39, 0.29) is 0 Å². The molecule has 0 radical (unpaired) electrons. The molecular weight excluding hydrogens is 196 g/mol. The standard InChI is InChI=1S/C11H10S2/c1-6-3-8-5-9-4-7(2)13-11(9)10(8)12-6/h3-4H,5H2,1-2H3. The Morgan fingerprint density at radius 2 is 1.38 bits per heavy atom. The average Bonchev–Trinajstić information content (AvgIpc) is 2.60. The Balaban J connectivity index is 2.28. The minimum Gasteiger partial charge on any atom is -0.139 e. The molecule has 0 unspecified atom stereocenters. The Bertz CT molecular complexity index is 430. The van der Waals surface area contributed by atoms with Gasteiger partial charge in [-0.2, -0.15) is 0 Å². The van der Waals surface area contributed by atoms with E-state index < -0.39 is 0 Å². The van der Waals surface area contributed by atoms with Crippen molar-refractivity contribution in [3.8, 4) is 9.75 Å². The predicted molar refractivity (Wildman–Crippen MR) is 59.9 cm³/mol. The van der Waals surface area contributed by atoms with Gasteiger partial charge in [0.25, 0.3) is 0 Å². The van der Waals surface area contributed by atoms with Crippen molar-refractivity contribution in [3.05, 3.63) is 33.0 Å². The first-order chi connectivity index (χ1) is 6.24. The lowest BCUT2D eigenvalue weighted by Gasteiger charge is -1.86. The van der Waals surface area contributed by atoms with E-state index in [0.29, 0.717) is 0 Å². The van der Waals surface area contributed by atoms with Crippen LogP contribution in [0.25, 0.3) is 9.75 Å². The maximum absolute atomic E-state index is 2.34. The molecule has 2 aromatic rings. The summed E-state index contributed by atoms with van der Waals surface area (Å²) in [6, 6.07) is 4.67. The molecule has 2 aromatic heterocycles. The van der Waals surface area contributed by atoms with E-state index in [4.69, 9.17) is 0 Å². The minimum absolute atomic E-state index is 1.17. The highest BCUT2D eigenvalue weighted by Crippen LogP contribution is 2.46. The van der Waals surface area contributed by atoms with Gasteiger partial charge in [-0.1, -0.05) is 0 Å². The van der Waals surface area contributed by atoms with Crippen LogP contribution in [-0.2, 0) is 6.42 Å². The Kier molecular flexibility index (Phi) is 1.47. The van der Waals surface area contributed by atoms with Crippen LogP contribution in [0.4, 0.5) is 0 Å². The molecule has 0 aliphatic heterocycles. The van der Waals surface area contributed by atoms with Crippen LogP contribution in [-0.4, -0.2) is 0 Å². The molecule has 0 saturated heterocycles. The van der Waals surface area contributed by atoms with E-state index in [2.05, 4.69) is 26.0 Å². The summed E-state index contributed by atoms with van der Waals surface area (Å²) >= 11 is 3.89. The van der Waals surface area contributed by atoms with E-state index >= 15 is 0 Å². The van der Waals surface area contributed by atoms with Crippen molar-refractivity contribution in [2.24, 2.45) is 0 Å². The smallest absolute Gasteiger partial charge is 0.0483 e. The summed E-state index contributed by atoms with van der Waals surface area (Å²) in [7, 11) is 0. The van der Waals surface area contributed by atoms with Crippen molar-refractivity contribution >= 4 is 22.7 Å². The number of aryl methyl sites for hydroxylation is 2. The van der Waals surface area contributed by atoms with Crippen molar-refractivity contribution in [3.63, 3.8) is 0 Å². The van der Waals surface area contributed by atoms with Gasteiger partial charge in [0.15, 0.2) is 0 Å². The first-order valence-corrected chi connectivity index (χ1v) is 6.06. The van der Waals surface area contributed by atoms with Crippen LogP contribution in [0, 0.1) is 13.8 Å². The van der Waals surface area contributed by atoms with E-state index in [9.17, 15) is 0 Å². The summed E-state index contributed by atoms with van der Waals surface area (Å²) in [6.45, 7) is 4.40. The Hall–Kier alpha value is -0.600. The molecular formula is C11H10S2. The summed E-state index contributed by atoms with van der Waals surface area (Å²) < 4.78 is 0. The van der Waals surface area contributed by atoms with Gasteiger partial charge in [0.2, 0.25) is 0 Å². The lowest BCUT2D eigenvalue weighted by Crippen LogP contribution is -1.74. The van der Waals surface area contributed by atoms with Gasteiger partial charge in [-0.25, -0.2) is 0 Å². The summed E-state index contributed by atoms with van der Waals surface area (Å²) in [5.41, 5.74) is 3.09. The number of hydrogen-bond donors (Lipinski definition) is 0. The molecule has 0 spiro atoms. The summed E-state index contributed by atoms with van der Waals surface area (Å²) in [4.78, 5) is 5.96. The normalized spacial score (nSPS) is 13.1. The van der Waals surface area contributed by atoms with Crippen LogP contribution in [0.15, 0.2) is 12.1 Å². The Morgan fingerprint density at radius 1 is 0.923 bits per heavy atom. The summed E-state index contributed by atoms with van der Waals surface area (Å²) in [5.74, 6) is 0. The van der Waals surface area contributed by atoms with E-state index in [1.54, 1.807) is 11.1 Å². The topological polar surface area (TPSA) is 0 Å². The second-order valence-electron chi connectivity index (χ2n) is 3.60. The Labute approximate surface area is 85.9 Å². The van der Waals surface area contributed by atoms with Gasteiger partial charge >= 0.3 is 0 Å². The maximum Gasteiger partial charge on any atom is 0.0483 e. The second kappa shape index (κ2) is 2.46. The van der Waals surface area contributed by atoms with Gasteiger partial charge in [0, 0.05) is 25.9 Å². The van der Waals surface area contributed by atoms with Crippen molar-refractivity contribution in [1.29, 1.82) is 0 Å². The zero-order valence-corrected chi connectivity index (χ0v) is 9.31. The predicted octanol–water partition coefficient (Wildman–Crippen LogP) is 4.00. The van der Waals surface area contributed by atoms with E-state index in [1.165, 1.54) is 25.9 Å². The van der Waals surface area contributed by atoms with Crippen LogP contribution in [0.3, 0.4) is 0 Å². The quantitative estimate of drug-likeness (QED) is 0.521. The van der Waals surface area contributed by atoms with Crippen molar-refractivity contribution in [2.45, 2.75) is 20.3 Å². The molecule has 0 saturated carbocycles. The third kappa shape index (κ3) is 1.02. The largest absolute Gasteiger partial charge is 0.139 e. The number of fused-ring (bicyclic) bond motifs is 3. The molecule has 0 amide bonds. The monoisotopic (exact) mass is 206 g/mol. The van der Waals surface area contributed by atoms with Gasteiger partial charge in [0.1, 0.15) is 0 Å². The third-order valence-corrected chi connectivity index (χ3v) is 4.80. The minimum atomic E-state index is 1.17. The fourth-order valence-corrected chi connectivity index (χ4v) is 4.25. The highest BCUT2D eigenvalue weighted by atomic mass is 32.1. The van der Waals surface area contributed by atoms with E-state index in [1.807, 2.05) is 22.7 Å². The van der Waals surface area contributed by atoms with E-state index in [0.717, 1.165) is 0 Å². The van der Waals surface area contributed by atoms with Gasteiger partial charge in [-0.3, -0.25) is 0 Å². The fourth-order valence-electron chi connectivity index (χ4n) is 1.99. The SMILES string of the molecule is Cc1cc2c(s1)-c1sc(C)cc1C2. The molecule has 3 rings (SSSR count). The molecule has 0 aromatic carbocycles. The third-order valence-electron chi connectivity index (χ3n) is 2.45. The van der Waals surface area contributed by atoms with Crippen molar-refractivity contribution in [2.75, 3.05) is 0 Å². The molecule has 2 heteroatoms. The lowest BCUT2D eigenvalue weighted by atomic mass is 10.2. The molecule has 0 fully saturated rings.